The van der Waals surface area contributed by atoms with E-state index in [1.54, 1.807) is 36.4 Å². The van der Waals surface area contributed by atoms with Crippen molar-refractivity contribution in [3.63, 3.8) is 0 Å². The molecule has 0 saturated carbocycles. The fraction of sp³-hybridized carbons (Fsp3) is 0. The monoisotopic (exact) mass is 315 g/mol. The Hall–Kier alpha value is -2.89. The lowest BCUT2D eigenvalue weighted by molar-refractivity contribution is 0.262. The summed E-state index contributed by atoms with van der Waals surface area (Å²) >= 11 is -2.39. The summed E-state index contributed by atoms with van der Waals surface area (Å²) in [6.45, 7) is 0. The summed E-state index contributed by atoms with van der Waals surface area (Å²) in [7, 11) is 0. The maximum absolute atomic E-state index is 11.8. The molecule has 0 aliphatic heterocycles. The summed E-state index contributed by atoms with van der Waals surface area (Å²) in [5.41, 5.74) is 1.96. The molecule has 7 nitrogen and oxygen atoms in total. The molecular weight excluding hydrogens is 304 g/mol. The van der Waals surface area contributed by atoms with Crippen molar-refractivity contribution in [1.82, 2.24) is 0 Å². The van der Waals surface area contributed by atoms with Crippen LogP contribution in [-0.4, -0.2) is 14.8 Å². The van der Waals surface area contributed by atoms with Crippen LogP contribution in [-0.2, 0) is 11.3 Å². The molecule has 0 bridgehead atoms. The van der Waals surface area contributed by atoms with Gasteiger partial charge in [0.25, 0.3) is 0 Å². The third-order valence-electron chi connectivity index (χ3n) is 2.62. The second-order valence-corrected chi connectivity index (χ2v) is 4.86. The summed E-state index contributed by atoms with van der Waals surface area (Å²) < 4.78 is 23.1. The number of benzene rings is 2. The van der Waals surface area contributed by atoms with Gasteiger partial charge < -0.3 is 19.9 Å². The molecule has 1 atom stereocenters. The van der Waals surface area contributed by atoms with E-state index in [4.69, 9.17) is 5.26 Å². The number of carbonyl (C=O) groups excluding carboxylic acids is 1. The average Bonchev–Trinajstić information content (AvgIpc) is 2.49. The van der Waals surface area contributed by atoms with E-state index < -0.39 is 17.3 Å². The lowest BCUT2D eigenvalue weighted by Crippen LogP contribution is -2.19. The first-order valence-corrected chi connectivity index (χ1v) is 7.18. The number of urea groups is 1. The Bertz CT molecular complexity index is 723. The summed E-state index contributed by atoms with van der Waals surface area (Å²) in [4.78, 5) is 11.8. The highest BCUT2D eigenvalue weighted by atomic mass is 32.2. The van der Waals surface area contributed by atoms with Gasteiger partial charge in [-0.3, -0.25) is 4.21 Å². The second-order valence-electron chi connectivity index (χ2n) is 4.18. The molecule has 2 aromatic rings. The molecule has 0 fully saturated rings. The van der Waals surface area contributed by atoms with Crippen LogP contribution in [0.15, 0.2) is 48.5 Å². The SMILES string of the molecule is N#Cc1ccc(NC(=O)Nc2ccc(NS(=O)[O-])cc2)cc1. The van der Waals surface area contributed by atoms with Crippen molar-refractivity contribution in [1.29, 1.82) is 5.26 Å². The third-order valence-corrected chi connectivity index (χ3v) is 3.02. The van der Waals surface area contributed by atoms with Crippen LogP contribution in [0.25, 0.3) is 0 Å². The molecule has 112 valence electrons. The Kier molecular flexibility index (Phi) is 5.08. The second kappa shape index (κ2) is 7.21. The zero-order valence-electron chi connectivity index (χ0n) is 11.2. The van der Waals surface area contributed by atoms with Gasteiger partial charge in [-0.2, -0.15) is 5.26 Å². The Labute approximate surface area is 129 Å². The van der Waals surface area contributed by atoms with Crippen LogP contribution in [0, 0.1) is 11.3 Å². The molecule has 22 heavy (non-hydrogen) atoms. The van der Waals surface area contributed by atoms with Crippen LogP contribution < -0.4 is 15.4 Å². The lowest BCUT2D eigenvalue weighted by atomic mass is 10.2. The highest BCUT2D eigenvalue weighted by Crippen LogP contribution is 2.15. The van der Waals surface area contributed by atoms with Gasteiger partial charge in [0.05, 0.1) is 11.6 Å². The van der Waals surface area contributed by atoms with Crippen molar-refractivity contribution < 1.29 is 13.6 Å². The normalized spacial score (nSPS) is 11.1. The Morgan fingerprint density at radius 3 is 1.86 bits per heavy atom. The highest BCUT2D eigenvalue weighted by Gasteiger charge is 2.03. The molecule has 1 unspecified atom stereocenters. The average molecular weight is 315 g/mol. The van der Waals surface area contributed by atoms with Crippen molar-refractivity contribution in [2.24, 2.45) is 0 Å². The van der Waals surface area contributed by atoms with Gasteiger partial charge in [-0.25, -0.2) is 4.79 Å². The topological polar surface area (TPSA) is 117 Å². The minimum Gasteiger partial charge on any atom is -0.755 e. The van der Waals surface area contributed by atoms with Crippen LogP contribution in [0.4, 0.5) is 21.9 Å². The number of nitrogens with one attached hydrogen (secondary N) is 3. The van der Waals surface area contributed by atoms with E-state index in [0.717, 1.165) is 0 Å². The van der Waals surface area contributed by atoms with Gasteiger partial charge in [0, 0.05) is 28.3 Å². The highest BCUT2D eigenvalue weighted by molar-refractivity contribution is 7.80. The molecule has 8 heteroatoms. The lowest BCUT2D eigenvalue weighted by Gasteiger charge is -2.10. The van der Waals surface area contributed by atoms with Crippen molar-refractivity contribution in [3.05, 3.63) is 54.1 Å². The summed E-state index contributed by atoms with van der Waals surface area (Å²) in [5.74, 6) is 0. The Balaban J connectivity index is 1.93. The molecule has 0 saturated heterocycles. The zero-order valence-corrected chi connectivity index (χ0v) is 12.0. The predicted molar refractivity (Wildman–Crippen MR) is 82.8 cm³/mol. The molecule has 3 N–H and O–H groups in total. The molecule has 2 amide bonds. The zero-order chi connectivity index (χ0) is 15.9. The van der Waals surface area contributed by atoms with E-state index >= 15 is 0 Å². The first kappa shape index (κ1) is 15.5. The van der Waals surface area contributed by atoms with E-state index in [2.05, 4.69) is 15.4 Å². The number of nitriles is 1. The first-order valence-electron chi connectivity index (χ1n) is 6.11. The van der Waals surface area contributed by atoms with E-state index in [9.17, 15) is 13.6 Å². The Morgan fingerprint density at radius 1 is 0.955 bits per heavy atom. The fourth-order valence-corrected chi connectivity index (χ4v) is 1.97. The van der Waals surface area contributed by atoms with Crippen LogP contribution in [0.1, 0.15) is 5.56 Å². The van der Waals surface area contributed by atoms with Gasteiger partial charge in [0.1, 0.15) is 0 Å². The molecular formula is C14H11N4O3S-. The van der Waals surface area contributed by atoms with Gasteiger partial charge in [0.15, 0.2) is 0 Å². The number of hydrogen-bond donors (Lipinski definition) is 3. The van der Waals surface area contributed by atoms with Crippen LogP contribution in [0.3, 0.4) is 0 Å². The van der Waals surface area contributed by atoms with E-state index in [0.29, 0.717) is 22.6 Å². The minimum absolute atomic E-state index is 0.395. The molecule has 0 aliphatic rings. The quantitative estimate of drug-likeness (QED) is 0.751. The molecule has 0 heterocycles. The summed E-state index contributed by atoms with van der Waals surface area (Å²) in [6.07, 6.45) is 0. The number of anilines is 3. The van der Waals surface area contributed by atoms with Crippen molar-refractivity contribution >= 4 is 34.4 Å². The van der Waals surface area contributed by atoms with Gasteiger partial charge >= 0.3 is 6.03 Å². The fourth-order valence-electron chi connectivity index (χ4n) is 1.64. The van der Waals surface area contributed by atoms with E-state index in [1.165, 1.54) is 12.1 Å². The van der Waals surface area contributed by atoms with Crippen LogP contribution >= 0.6 is 0 Å². The number of nitrogens with zero attached hydrogens (tertiary/aromatic N) is 1. The van der Waals surface area contributed by atoms with Gasteiger partial charge in [-0.05, 0) is 48.5 Å². The molecule has 2 rings (SSSR count). The van der Waals surface area contributed by atoms with Gasteiger partial charge in [0.2, 0.25) is 0 Å². The van der Waals surface area contributed by atoms with Crippen molar-refractivity contribution in [2.75, 3.05) is 15.4 Å². The number of amides is 2. The van der Waals surface area contributed by atoms with E-state index in [1.807, 2.05) is 6.07 Å². The predicted octanol–water partition coefficient (Wildman–Crippen LogP) is 2.41. The Morgan fingerprint density at radius 2 is 1.41 bits per heavy atom. The number of carbonyl (C=O) groups is 1. The van der Waals surface area contributed by atoms with E-state index in [-0.39, 0.29) is 0 Å². The third kappa shape index (κ3) is 4.59. The number of hydrogen-bond acceptors (Lipinski definition) is 4. The molecule has 0 spiro atoms. The minimum atomic E-state index is -2.39. The summed E-state index contributed by atoms with van der Waals surface area (Å²) in [6, 6.07) is 14.1. The molecule has 0 aliphatic carbocycles. The van der Waals surface area contributed by atoms with Crippen LogP contribution in [0.2, 0.25) is 0 Å². The first-order chi connectivity index (χ1) is 10.6. The maximum Gasteiger partial charge on any atom is 0.323 e. The summed E-state index contributed by atoms with van der Waals surface area (Å²) in [5, 5.41) is 13.9. The smallest absolute Gasteiger partial charge is 0.323 e. The largest absolute Gasteiger partial charge is 0.755 e. The van der Waals surface area contributed by atoms with Gasteiger partial charge in [-0.1, -0.05) is 0 Å². The van der Waals surface area contributed by atoms with Crippen LogP contribution in [0.5, 0.6) is 0 Å². The van der Waals surface area contributed by atoms with Gasteiger partial charge in [-0.15, -0.1) is 0 Å². The molecule has 0 radical (unpaired) electrons. The maximum atomic E-state index is 11.8. The number of rotatable bonds is 4. The standard InChI is InChI=1S/C14H12N4O3S/c15-9-10-1-3-11(4-2-10)16-14(19)17-12-5-7-13(8-6-12)18-22(20)21/h1-8,18H,(H,20,21)(H2,16,17,19)/p-1. The molecule has 0 aromatic heterocycles. The van der Waals surface area contributed by atoms with Crippen molar-refractivity contribution in [3.8, 4) is 6.07 Å². The van der Waals surface area contributed by atoms with Crippen molar-refractivity contribution in [2.45, 2.75) is 0 Å². The molecule has 2 aromatic carbocycles.